The van der Waals surface area contributed by atoms with Gasteiger partial charge in [0.15, 0.2) is 17.2 Å². The molecule has 0 aromatic heterocycles. The van der Waals surface area contributed by atoms with Crippen molar-refractivity contribution in [3.63, 3.8) is 0 Å². The summed E-state index contributed by atoms with van der Waals surface area (Å²) in [6.07, 6.45) is 8.18. The van der Waals surface area contributed by atoms with Crippen LogP contribution in [0.15, 0.2) is 22.8 Å². The predicted octanol–water partition coefficient (Wildman–Crippen LogP) is 4.61. The Balaban J connectivity index is 1.60. The van der Waals surface area contributed by atoms with Crippen LogP contribution in [-0.2, 0) is 19.1 Å². The highest BCUT2D eigenvalue weighted by atomic mass is 35.5. The van der Waals surface area contributed by atoms with Crippen molar-refractivity contribution in [2.45, 2.75) is 65.4 Å². The van der Waals surface area contributed by atoms with Gasteiger partial charge in [-0.15, -0.1) is 0 Å². The summed E-state index contributed by atoms with van der Waals surface area (Å²) >= 11 is 6.79. The molecule has 0 heterocycles. The predicted molar refractivity (Wildman–Crippen MR) is 109 cm³/mol. The summed E-state index contributed by atoms with van der Waals surface area (Å²) < 4.78 is 5.82. The van der Waals surface area contributed by atoms with Crippen LogP contribution in [-0.4, -0.2) is 23.1 Å². The highest BCUT2D eigenvalue weighted by Crippen LogP contribution is 2.72. The van der Waals surface area contributed by atoms with Crippen LogP contribution in [0.1, 0.15) is 59.8 Å². The lowest BCUT2D eigenvalue weighted by Gasteiger charge is -2.57. The molecule has 5 aliphatic rings. The molecule has 4 nitrogen and oxygen atoms in total. The van der Waals surface area contributed by atoms with Gasteiger partial charge < -0.3 is 4.74 Å². The number of carbonyl (C=O) groups excluding carboxylic acids is 3. The third-order valence-electron chi connectivity index (χ3n) is 9.50. The lowest BCUT2D eigenvalue weighted by Crippen LogP contribution is -2.58. The third-order valence-corrected chi connectivity index (χ3v) is 9.83. The Morgan fingerprint density at radius 2 is 1.79 bits per heavy atom. The van der Waals surface area contributed by atoms with E-state index < -0.39 is 5.60 Å². The summed E-state index contributed by atoms with van der Waals surface area (Å²) in [5, 5.41) is 0.713. The molecule has 0 saturated heterocycles. The molecule has 156 valence electrons. The Kier molecular flexibility index (Phi) is 3.93. The minimum absolute atomic E-state index is 0.0423. The minimum atomic E-state index is -1.03. The average Bonchev–Trinajstić information content (AvgIpc) is 3.39. The topological polar surface area (TPSA) is 60.4 Å². The van der Waals surface area contributed by atoms with Crippen molar-refractivity contribution in [3.05, 3.63) is 22.8 Å². The van der Waals surface area contributed by atoms with Gasteiger partial charge in [-0.05, 0) is 74.3 Å². The van der Waals surface area contributed by atoms with Crippen LogP contribution in [0.3, 0.4) is 0 Å². The molecule has 0 aromatic rings. The molecule has 3 saturated carbocycles. The Bertz CT molecular complexity index is 903. The van der Waals surface area contributed by atoms with Crippen LogP contribution in [0.25, 0.3) is 0 Å². The van der Waals surface area contributed by atoms with E-state index >= 15 is 0 Å². The zero-order valence-electron chi connectivity index (χ0n) is 17.6. The van der Waals surface area contributed by atoms with E-state index in [2.05, 4.69) is 19.9 Å². The average molecular weight is 417 g/mol. The number of ketones is 2. The van der Waals surface area contributed by atoms with Crippen molar-refractivity contribution in [1.29, 1.82) is 0 Å². The molecule has 0 N–H and O–H groups in total. The number of hydrogen-bond donors (Lipinski definition) is 0. The molecule has 5 heteroatoms. The van der Waals surface area contributed by atoms with Gasteiger partial charge in [0, 0.05) is 28.7 Å². The molecule has 29 heavy (non-hydrogen) atoms. The zero-order valence-corrected chi connectivity index (χ0v) is 18.3. The van der Waals surface area contributed by atoms with Crippen molar-refractivity contribution in [1.82, 2.24) is 0 Å². The van der Waals surface area contributed by atoms with Gasteiger partial charge in [-0.2, -0.15) is 0 Å². The fourth-order valence-electron chi connectivity index (χ4n) is 8.03. The second-order valence-corrected chi connectivity index (χ2v) is 10.9. The molecular formula is C24H29ClO4. The first-order valence-electron chi connectivity index (χ1n) is 10.9. The standard InChI is InChI=1S/C24H29ClO4/c1-12(26)24(29-13(2)27)8-6-16-14-10-20(25)19-11-21(28)15-9-18(15)23(19,4)17(14)5-7-22(16,24)3/h10-11,14-18H,5-9H2,1-4H3/t14?,15?,16?,17?,18?,22-,23-,24-/m1/s1. The summed E-state index contributed by atoms with van der Waals surface area (Å²) in [6, 6.07) is 0. The Hall–Kier alpha value is -1.42. The first kappa shape index (κ1) is 19.5. The number of halogens is 1. The van der Waals surface area contributed by atoms with Crippen LogP contribution in [0.2, 0.25) is 0 Å². The molecule has 5 unspecified atom stereocenters. The smallest absolute Gasteiger partial charge is 0.303 e. The van der Waals surface area contributed by atoms with Gasteiger partial charge in [0.25, 0.3) is 0 Å². The number of allylic oxidation sites excluding steroid dienone is 4. The number of ether oxygens (including phenoxy) is 1. The number of carbonyl (C=O) groups is 3. The van der Waals surface area contributed by atoms with Crippen molar-refractivity contribution in [2.75, 3.05) is 0 Å². The van der Waals surface area contributed by atoms with Gasteiger partial charge >= 0.3 is 5.97 Å². The first-order chi connectivity index (χ1) is 13.6. The van der Waals surface area contributed by atoms with Crippen LogP contribution in [0, 0.1) is 40.4 Å². The Morgan fingerprint density at radius 3 is 2.45 bits per heavy atom. The molecule has 0 radical (unpaired) electrons. The van der Waals surface area contributed by atoms with Gasteiger partial charge in [-0.1, -0.05) is 31.5 Å². The summed E-state index contributed by atoms with van der Waals surface area (Å²) in [5.41, 5.74) is -0.455. The van der Waals surface area contributed by atoms with E-state index in [1.807, 2.05) is 6.08 Å². The van der Waals surface area contributed by atoms with Gasteiger partial charge in [0.2, 0.25) is 0 Å². The molecule has 0 aliphatic heterocycles. The fourth-order valence-corrected chi connectivity index (χ4v) is 8.43. The van der Waals surface area contributed by atoms with Gasteiger partial charge in [0.05, 0.1) is 0 Å². The molecule has 8 atom stereocenters. The van der Waals surface area contributed by atoms with Crippen molar-refractivity contribution >= 4 is 29.1 Å². The van der Waals surface area contributed by atoms with Crippen LogP contribution in [0.5, 0.6) is 0 Å². The molecule has 5 aliphatic carbocycles. The van der Waals surface area contributed by atoms with E-state index in [9.17, 15) is 14.4 Å². The second kappa shape index (κ2) is 5.84. The van der Waals surface area contributed by atoms with Crippen molar-refractivity contribution in [3.8, 4) is 0 Å². The third kappa shape index (κ3) is 2.24. The minimum Gasteiger partial charge on any atom is -0.451 e. The normalized spacial score (nSPS) is 49.7. The van der Waals surface area contributed by atoms with Crippen molar-refractivity contribution < 1.29 is 19.1 Å². The maximum atomic E-state index is 12.8. The highest BCUT2D eigenvalue weighted by Gasteiger charge is 2.70. The van der Waals surface area contributed by atoms with E-state index in [0.29, 0.717) is 23.3 Å². The Morgan fingerprint density at radius 1 is 1.10 bits per heavy atom. The van der Waals surface area contributed by atoms with E-state index in [1.54, 1.807) is 6.92 Å². The van der Waals surface area contributed by atoms with E-state index in [1.165, 1.54) is 6.92 Å². The molecule has 3 fully saturated rings. The van der Waals surface area contributed by atoms with Crippen molar-refractivity contribution in [2.24, 2.45) is 40.4 Å². The fraction of sp³-hybridized carbons (Fsp3) is 0.708. The molecule has 0 aromatic carbocycles. The van der Waals surface area contributed by atoms with Gasteiger partial charge in [-0.25, -0.2) is 0 Å². The number of fused-ring (bicyclic) bond motifs is 7. The quantitative estimate of drug-likeness (QED) is 0.617. The van der Waals surface area contributed by atoms with Crippen LogP contribution >= 0.6 is 11.6 Å². The van der Waals surface area contributed by atoms with Gasteiger partial charge in [0.1, 0.15) is 0 Å². The van der Waals surface area contributed by atoms with E-state index in [4.69, 9.17) is 16.3 Å². The molecule has 0 bridgehead atoms. The van der Waals surface area contributed by atoms with E-state index in [-0.39, 0.29) is 46.1 Å². The van der Waals surface area contributed by atoms with E-state index in [0.717, 1.165) is 31.3 Å². The summed E-state index contributed by atoms with van der Waals surface area (Å²) in [7, 11) is 0. The highest BCUT2D eigenvalue weighted by molar-refractivity contribution is 6.32. The van der Waals surface area contributed by atoms with Crippen LogP contribution in [0.4, 0.5) is 0 Å². The monoisotopic (exact) mass is 416 g/mol. The molecule has 0 spiro atoms. The lowest BCUT2D eigenvalue weighted by atomic mass is 9.47. The number of hydrogen-bond acceptors (Lipinski definition) is 4. The second-order valence-electron chi connectivity index (χ2n) is 10.5. The number of rotatable bonds is 2. The maximum absolute atomic E-state index is 12.8. The molecular weight excluding hydrogens is 388 g/mol. The zero-order chi connectivity index (χ0) is 20.9. The first-order valence-corrected chi connectivity index (χ1v) is 11.3. The largest absolute Gasteiger partial charge is 0.451 e. The summed E-state index contributed by atoms with van der Waals surface area (Å²) in [4.78, 5) is 37.1. The van der Waals surface area contributed by atoms with Gasteiger partial charge in [-0.3, -0.25) is 14.4 Å². The number of esters is 1. The SMILES string of the molecule is CC(=O)O[C@@]1(C(C)=O)CCC2C3C=C(Cl)C4=CC(=O)C5CC5[C@@]4(C)C3CC[C@]21C. The Labute approximate surface area is 177 Å². The molecule has 5 rings (SSSR count). The number of Topliss-reactive ketones (excluding diaryl/α,β-unsaturated/α-hetero) is 1. The van der Waals surface area contributed by atoms with Crippen LogP contribution < -0.4 is 0 Å². The summed E-state index contributed by atoms with van der Waals surface area (Å²) in [6.45, 7) is 7.42. The summed E-state index contributed by atoms with van der Waals surface area (Å²) in [5.74, 6) is 1.27. The maximum Gasteiger partial charge on any atom is 0.303 e. The lowest BCUT2D eigenvalue weighted by molar-refractivity contribution is -0.185. The molecule has 0 amide bonds.